The fraction of sp³-hybridized carbons (Fsp3) is 0.400. The number of benzene rings is 2. The number of likely N-dealkylation sites (tertiary alicyclic amines) is 1. The first-order valence-electron chi connectivity index (χ1n) is 11.2. The summed E-state index contributed by atoms with van der Waals surface area (Å²) in [4.78, 5) is 37.6. The van der Waals surface area contributed by atoms with E-state index in [1.165, 1.54) is 4.90 Å². The van der Waals surface area contributed by atoms with Crippen molar-refractivity contribution in [2.45, 2.75) is 43.7 Å². The Morgan fingerprint density at radius 3 is 2.27 bits per heavy atom. The number of β-amino-alcohol motifs (C(OH)–C–C–N with tert-alkyl or cyclic N) is 1. The SMILES string of the molecule is CC[C@H](CC(=O)N1CCC(O)(C(=O)O)C1)NC(=O)OCC1c2ccccc2-c2ccccc21. The molecule has 174 valence electrons. The van der Waals surface area contributed by atoms with Crippen molar-refractivity contribution >= 4 is 18.0 Å². The topological polar surface area (TPSA) is 116 Å². The lowest BCUT2D eigenvalue weighted by atomic mass is 9.98. The van der Waals surface area contributed by atoms with Crippen LogP contribution in [0, 0.1) is 0 Å². The van der Waals surface area contributed by atoms with Crippen molar-refractivity contribution in [1.29, 1.82) is 0 Å². The Balaban J connectivity index is 1.33. The van der Waals surface area contributed by atoms with Crippen LogP contribution in [-0.2, 0) is 14.3 Å². The number of nitrogens with zero attached hydrogens (tertiary/aromatic N) is 1. The van der Waals surface area contributed by atoms with Crippen LogP contribution in [-0.4, -0.2) is 64.4 Å². The number of carbonyl (C=O) groups is 3. The molecule has 1 heterocycles. The molecular weight excluding hydrogens is 424 g/mol. The van der Waals surface area contributed by atoms with Crippen LogP contribution in [0.1, 0.15) is 43.2 Å². The summed E-state index contributed by atoms with van der Waals surface area (Å²) in [5, 5.41) is 21.9. The van der Waals surface area contributed by atoms with Crippen LogP contribution >= 0.6 is 0 Å². The Hall–Kier alpha value is -3.39. The molecule has 0 aromatic heterocycles. The zero-order chi connectivity index (χ0) is 23.6. The summed E-state index contributed by atoms with van der Waals surface area (Å²) in [7, 11) is 0. The average molecular weight is 453 g/mol. The molecule has 2 amide bonds. The number of alkyl carbamates (subject to hydrolysis) is 1. The summed E-state index contributed by atoms with van der Waals surface area (Å²) in [6.45, 7) is 1.95. The number of nitrogens with one attached hydrogen (secondary N) is 1. The molecule has 0 radical (unpaired) electrons. The van der Waals surface area contributed by atoms with Gasteiger partial charge in [-0.05, 0) is 28.7 Å². The first-order chi connectivity index (χ1) is 15.8. The van der Waals surface area contributed by atoms with E-state index in [2.05, 4.69) is 17.4 Å². The summed E-state index contributed by atoms with van der Waals surface area (Å²) in [5.41, 5.74) is 2.62. The molecule has 1 aliphatic carbocycles. The minimum absolute atomic E-state index is 0.00925. The fourth-order valence-corrected chi connectivity index (χ4v) is 4.63. The van der Waals surface area contributed by atoms with Crippen LogP contribution in [0.25, 0.3) is 11.1 Å². The lowest BCUT2D eigenvalue weighted by Gasteiger charge is -2.23. The van der Waals surface area contributed by atoms with E-state index in [4.69, 9.17) is 9.84 Å². The summed E-state index contributed by atoms with van der Waals surface area (Å²) >= 11 is 0. The number of ether oxygens (including phenoxy) is 1. The van der Waals surface area contributed by atoms with Crippen molar-refractivity contribution in [3.8, 4) is 11.1 Å². The molecule has 8 nitrogen and oxygen atoms in total. The number of carboxylic acids is 1. The van der Waals surface area contributed by atoms with Gasteiger partial charge in [-0.1, -0.05) is 55.5 Å². The number of hydrogen-bond donors (Lipinski definition) is 3. The number of fused-ring (bicyclic) bond motifs is 3. The van der Waals surface area contributed by atoms with Gasteiger partial charge in [-0.3, -0.25) is 4.79 Å². The summed E-state index contributed by atoms with van der Waals surface area (Å²) < 4.78 is 5.55. The van der Waals surface area contributed by atoms with E-state index in [0.29, 0.717) is 6.42 Å². The molecule has 0 bridgehead atoms. The molecule has 1 unspecified atom stereocenters. The molecule has 8 heteroatoms. The molecule has 33 heavy (non-hydrogen) atoms. The van der Waals surface area contributed by atoms with Gasteiger partial charge in [0.1, 0.15) is 6.61 Å². The second-order valence-corrected chi connectivity index (χ2v) is 8.68. The maximum Gasteiger partial charge on any atom is 0.407 e. The third-order valence-corrected chi connectivity index (χ3v) is 6.58. The van der Waals surface area contributed by atoms with Gasteiger partial charge in [0.2, 0.25) is 5.91 Å². The van der Waals surface area contributed by atoms with E-state index in [9.17, 15) is 19.5 Å². The molecule has 2 aromatic carbocycles. The van der Waals surface area contributed by atoms with Crippen LogP contribution in [0.2, 0.25) is 0 Å². The number of amides is 2. The molecule has 2 aliphatic rings. The number of rotatable bonds is 7. The maximum absolute atomic E-state index is 12.6. The predicted molar refractivity (Wildman–Crippen MR) is 121 cm³/mol. The van der Waals surface area contributed by atoms with Crippen LogP contribution in [0.15, 0.2) is 48.5 Å². The molecule has 2 atom stereocenters. The van der Waals surface area contributed by atoms with Gasteiger partial charge in [-0.25, -0.2) is 9.59 Å². The van der Waals surface area contributed by atoms with Gasteiger partial charge in [-0.2, -0.15) is 0 Å². The molecule has 2 aromatic rings. The van der Waals surface area contributed by atoms with E-state index in [1.54, 1.807) is 0 Å². The number of hydrogen-bond acceptors (Lipinski definition) is 5. The molecule has 1 saturated heterocycles. The highest BCUT2D eigenvalue weighted by Crippen LogP contribution is 2.44. The second kappa shape index (κ2) is 9.23. The van der Waals surface area contributed by atoms with Crippen molar-refractivity contribution < 1.29 is 29.3 Å². The zero-order valence-corrected chi connectivity index (χ0v) is 18.5. The van der Waals surface area contributed by atoms with Gasteiger partial charge >= 0.3 is 12.1 Å². The number of carboxylic acid groups (broad SMARTS) is 1. The molecule has 0 spiro atoms. The van der Waals surface area contributed by atoms with E-state index in [1.807, 2.05) is 43.3 Å². The largest absolute Gasteiger partial charge is 0.479 e. The molecule has 3 N–H and O–H groups in total. The minimum Gasteiger partial charge on any atom is -0.479 e. The number of aliphatic carboxylic acids is 1. The van der Waals surface area contributed by atoms with Gasteiger partial charge in [0, 0.05) is 31.3 Å². The Morgan fingerprint density at radius 2 is 1.73 bits per heavy atom. The first-order valence-corrected chi connectivity index (χ1v) is 11.2. The highest BCUT2D eigenvalue weighted by atomic mass is 16.5. The molecule has 1 aliphatic heterocycles. The van der Waals surface area contributed by atoms with Crippen LogP contribution < -0.4 is 5.32 Å². The smallest absolute Gasteiger partial charge is 0.407 e. The minimum atomic E-state index is -1.91. The maximum atomic E-state index is 12.6. The van der Waals surface area contributed by atoms with Crippen molar-refractivity contribution in [1.82, 2.24) is 10.2 Å². The second-order valence-electron chi connectivity index (χ2n) is 8.68. The highest BCUT2D eigenvalue weighted by molar-refractivity contribution is 5.83. The van der Waals surface area contributed by atoms with E-state index in [-0.39, 0.29) is 44.4 Å². The van der Waals surface area contributed by atoms with E-state index in [0.717, 1.165) is 22.3 Å². The van der Waals surface area contributed by atoms with Gasteiger partial charge in [0.15, 0.2) is 5.60 Å². The fourth-order valence-electron chi connectivity index (χ4n) is 4.63. The number of aliphatic hydroxyl groups is 1. The Labute approximate surface area is 192 Å². The summed E-state index contributed by atoms with van der Waals surface area (Å²) in [6.07, 6.45) is -0.0893. The third kappa shape index (κ3) is 4.57. The third-order valence-electron chi connectivity index (χ3n) is 6.58. The van der Waals surface area contributed by atoms with Crippen LogP contribution in [0.3, 0.4) is 0 Å². The normalized spacial score (nSPS) is 20.1. The van der Waals surface area contributed by atoms with E-state index >= 15 is 0 Å². The molecular formula is C25H28N2O6. The van der Waals surface area contributed by atoms with Crippen LogP contribution in [0.5, 0.6) is 0 Å². The van der Waals surface area contributed by atoms with Crippen LogP contribution in [0.4, 0.5) is 4.79 Å². The van der Waals surface area contributed by atoms with Gasteiger partial charge in [0.05, 0.1) is 6.54 Å². The van der Waals surface area contributed by atoms with Crippen molar-refractivity contribution in [3.05, 3.63) is 59.7 Å². The lowest BCUT2D eigenvalue weighted by molar-refractivity contribution is -0.157. The monoisotopic (exact) mass is 452 g/mol. The summed E-state index contributed by atoms with van der Waals surface area (Å²) in [6, 6.07) is 15.7. The number of carbonyl (C=O) groups excluding carboxylic acids is 2. The lowest BCUT2D eigenvalue weighted by Crippen LogP contribution is -2.44. The van der Waals surface area contributed by atoms with E-state index < -0.39 is 23.7 Å². The highest BCUT2D eigenvalue weighted by Gasteiger charge is 2.44. The molecule has 0 saturated carbocycles. The molecule has 1 fully saturated rings. The van der Waals surface area contributed by atoms with Crippen molar-refractivity contribution in [2.75, 3.05) is 19.7 Å². The predicted octanol–water partition coefficient (Wildman–Crippen LogP) is 2.74. The van der Waals surface area contributed by atoms with Gasteiger partial charge < -0.3 is 25.2 Å². The Kier molecular flexibility index (Phi) is 6.37. The first kappa shape index (κ1) is 22.8. The Morgan fingerprint density at radius 1 is 1.12 bits per heavy atom. The quantitative estimate of drug-likeness (QED) is 0.595. The molecule has 4 rings (SSSR count). The van der Waals surface area contributed by atoms with Crippen molar-refractivity contribution in [3.63, 3.8) is 0 Å². The average Bonchev–Trinajstić information content (AvgIpc) is 3.37. The van der Waals surface area contributed by atoms with Gasteiger partial charge in [0.25, 0.3) is 0 Å². The Bertz CT molecular complexity index is 1020. The van der Waals surface area contributed by atoms with Gasteiger partial charge in [-0.15, -0.1) is 0 Å². The summed E-state index contributed by atoms with van der Waals surface area (Å²) in [5.74, 6) is -1.69. The zero-order valence-electron chi connectivity index (χ0n) is 18.5. The standard InChI is InChI=1S/C25H28N2O6/c1-2-16(13-22(28)27-12-11-25(32,15-27)23(29)30)26-24(31)33-14-21-19-9-5-3-7-17(19)18-8-4-6-10-20(18)21/h3-10,16,21,32H,2,11-15H2,1H3,(H,26,31)(H,29,30)/t16-,25?/m1/s1. The van der Waals surface area contributed by atoms with Crippen molar-refractivity contribution in [2.24, 2.45) is 0 Å².